The molecule has 0 saturated carbocycles. The van der Waals surface area contributed by atoms with Gasteiger partial charge in [-0.15, -0.1) is 0 Å². The number of hydrogen-bond donors (Lipinski definition) is 1. The van der Waals surface area contributed by atoms with E-state index in [9.17, 15) is 4.79 Å². The molecule has 3 rings (SSSR count). The van der Waals surface area contributed by atoms with E-state index in [0.29, 0.717) is 5.91 Å². The molecule has 2 heterocycles. The SMILES string of the molecule is CN1Cc2ccccc2C2(CCNCC2)C1=O. The third-order valence-electron chi connectivity index (χ3n) is 4.15. The van der Waals surface area contributed by atoms with Gasteiger partial charge in [-0.25, -0.2) is 0 Å². The Kier molecular flexibility index (Phi) is 2.44. The first-order valence-electron chi connectivity index (χ1n) is 6.29. The first-order chi connectivity index (χ1) is 8.24. The Hall–Kier alpha value is -1.35. The summed E-state index contributed by atoms with van der Waals surface area (Å²) in [7, 11) is 1.92. The maximum absolute atomic E-state index is 12.6. The number of fused-ring (bicyclic) bond motifs is 2. The molecule has 17 heavy (non-hydrogen) atoms. The van der Waals surface area contributed by atoms with Crippen LogP contribution in [0.1, 0.15) is 24.0 Å². The predicted molar refractivity (Wildman–Crippen MR) is 66.7 cm³/mol. The zero-order chi connectivity index (χ0) is 11.9. The maximum atomic E-state index is 12.6. The molecule has 2 aliphatic heterocycles. The number of benzene rings is 1. The Morgan fingerprint density at radius 2 is 1.94 bits per heavy atom. The first-order valence-corrected chi connectivity index (χ1v) is 6.29. The van der Waals surface area contributed by atoms with Gasteiger partial charge in [0.2, 0.25) is 5.91 Å². The van der Waals surface area contributed by atoms with Crippen LogP contribution in [0, 0.1) is 0 Å². The van der Waals surface area contributed by atoms with Gasteiger partial charge in [-0.2, -0.15) is 0 Å². The lowest BCUT2D eigenvalue weighted by Crippen LogP contribution is -2.54. The first kappa shape index (κ1) is 10.8. The molecule has 1 amide bonds. The molecule has 3 heteroatoms. The molecular formula is C14H18N2O. The standard InChI is InChI=1S/C14H18N2O/c1-16-10-11-4-2-3-5-12(11)14(13(16)17)6-8-15-9-7-14/h2-5,15H,6-10H2,1H3. The number of nitrogens with zero attached hydrogens (tertiary/aromatic N) is 1. The van der Waals surface area contributed by atoms with Crippen LogP contribution in [0.5, 0.6) is 0 Å². The molecule has 0 aliphatic carbocycles. The molecule has 1 spiro atoms. The van der Waals surface area contributed by atoms with Crippen LogP contribution in [0.4, 0.5) is 0 Å². The lowest BCUT2D eigenvalue weighted by atomic mass is 9.68. The third-order valence-corrected chi connectivity index (χ3v) is 4.15. The van der Waals surface area contributed by atoms with E-state index in [1.807, 2.05) is 11.9 Å². The number of nitrogens with one attached hydrogen (secondary N) is 1. The lowest BCUT2D eigenvalue weighted by Gasteiger charge is -2.44. The Morgan fingerprint density at radius 3 is 2.71 bits per heavy atom. The summed E-state index contributed by atoms with van der Waals surface area (Å²) in [6, 6.07) is 8.42. The van der Waals surface area contributed by atoms with Gasteiger partial charge in [0.1, 0.15) is 0 Å². The summed E-state index contributed by atoms with van der Waals surface area (Å²) in [5, 5.41) is 3.35. The van der Waals surface area contributed by atoms with Crippen molar-refractivity contribution in [3.63, 3.8) is 0 Å². The smallest absolute Gasteiger partial charge is 0.233 e. The van der Waals surface area contributed by atoms with Crippen LogP contribution in [0.15, 0.2) is 24.3 Å². The Morgan fingerprint density at radius 1 is 1.24 bits per heavy atom. The molecule has 0 aromatic heterocycles. The second-order valence-corrected chi connectivity index (χ2v) is 5.15. The van der Waals surface area contributed by atoms with Crippen LogP contribution in [-0.4, -0.2) is 30.9 Å². The average molecular weight is 230 g/mol. The highest BCUT2D eigenvalue weighted by atomic mass is 16.2. The molecule has 0 unspecified atom stereocenters. The minimum Gasteiger partial charge on any atom is -0.341 e. The van der Waals surface area contributed by atoms with Crippen LogP contribution in [0.25, 0.3) is 0 Å². The predicted octanol–water partition coefficient (Wildman–Crippen LogP) is 1.28. The number of rotatable bonds is 0. The van der Waals surface area contributed by atoms with Crippen molar-refractivity contribution in [2.24, 2.45) is 0 Å². The average Bonchev–Trinajstić information content (AvgIpc) is 2.38. The molecule has 1 aromatic carbocycles. The van der Waals surface area contributed by atoms with E-state index in [0.717, 1.165) is 32.5 Å². The fraction of sp³-hybridized carbons (Fsp3) is 0.500. The van der Waals surface area contributed by atoms with Crippen molar-refractivity contribution in [1.29, 1.82) is 0 Å². The van der Waals surface area contributed by atoms with Crippen molar-refractivity contribution in [2.45, 2.75) is 24.8 Å². The lowest BCUT2D eigenvalue weighted by molar-refractivity contribution is -0.139. The Bertz CT molecular complexity index is 449. The molecule has 0 bridgehead atoms. The van der Waals surface area contributed by atoms with Gasteiger partial charge in [-0.05, 0) is 37.1 Å². The van der Waals surface area contributed by atoms with E-state index in [1.165, 1.54) is 11.1 Å². The van der Waals surface area contributed by atoms with E-state index < -0.39 is 0 Å². The topological polar surface area (TPSA) is 32.3 Å². The van der Waals surface area contributed by atoms with Gasteiger partial charge in [0.05, 0.1) is 5.41 Å². The van der Waals surface area contributed by atoms with Gasteiger partial charge in [0, 0.05) is 13.6 Å². The highest BCUT2D eigenvalue weighted by Crippen LogP contribution is 2.40. The van der Waals surface area contributed by atoms with Crippen LogP contribution >= 0.6 is 0 Å². The van der Waals surface area contributed by atoms with Gasteiger partial charge in [-0.1, -0.05) is 24.3 Å². The minimum atomic E-state index is -0.255. The van der Waals surface area contributed by atoms with Crippen molar-refractivity contribution in [3.8, 4) is 0 Å². The van der Waals surface area contributed by atoms with E-state index in [2.05, 4.69) is 29.6 Å². The van der Waals surface area contributed by atoms with Crippen LogP contribution in [0.3, 0.4) is 0 Å². The van der Waals surface area contributed by atoms with E-state index in [4.69, 9.17) is 0 Å². The number of likely N-dealkylation sites (N-methyl/N-ethyl adjacent to an activating group) is 1. The summed E-state index contributed by atoms with van der Waals surface area (Å²) < 4.78 is 0. The van der Waals surface area contributed by atoms with Crippen LogP contribution in [0.2, 0.25) is 0 Å². The van der Waals surface area contributed by atoms with Crippen molar-refractivity contribution in [3.05, 3.63) is 35.4 Å². The quantitative estimate of drug-likeness (QED) is 0.728. The van der Waals surface area contributed by atoms with Crippen molar-refractivity contribution >= 4 is 5.91 Å². The Labute approximate surface area is 102 Å². The summed E-state index contributed by atoms with van der Waals surface area (Å²) in [6.07, 6.45) is 1.85. The molecule has 0 atom stereocenters. The summed E-state index contributed by atoms with van der Waals surface area (Å²) in [5.41, 5.74) is 2.33. The molecule has 2 aliphatic rings. The van der Waals surface area contributed by atoms with Gasteiger partial charge in [0.15, 0.2) is 0 Å². The monoisotopic (exact) mass is 230 g/mol. The van der Waals surface area contributed by atoms with Gasteiger partial charge in [-0.3, -0.25) is 4.79 Å². The number of amides is 1. The van der Waals surface area contributed by atoms with E-state index in [-0.39, 0.29) is 5.41 Å². The van der Waals surface area contributed by atoms with Crippen molar-refractivity contribution in [2.75, 3.05) is 20.1 Å². The van der Waals surface area contributed by atoms with Gasteiger partial charge in [0.25, 0.3) is 0 Å². The fourth-order valence-electron chi connectivity index (χ4n) is 3.27. The number of piperidine rings is 1. The summed E-state index contributed by atoms with van der Waals surface area (Å²) in [6.45, 7) is 2.63. The molecule has 1 aromatic rings. The van der Waals surface area contributed by atoms with Gasteiger partial charge >= 0.3 is 0 Å². The molecule has 90 valence electrons. The van der Waals surface area contributed by atoms with Crippen molar-refractivity contribution in [1.82, 2.24) is 10.2 Å². The number of carbonyl (C=O) groups excluding carboxylic acids is 1. The molecule has 3 nitrogen and oxygen atoms in total. The molecule has 1 fully saturated rings. The number of hydrogen-bond acceptors (Lipinski definition) is 2. The second kappa shape index (κ2) is 3.84. The van der Waals surface area contributed by atoms with Crippen LogP contribution < -0.4 is 5.32 Å². The second-order valence-electron chi connectivity index (χ2n) is 5.15. The summed E-state index contributed by atoms with van der Waals surface area (Å²) in [4.78, 5) is 14.4. The minimum absolute atomic E-state index is 0.255. The molecule has 1 N–H and O–H groups in total. The molecule has 0 radical (unpaired) electrons. The van der Waals surface area contributed by atoms with Crippen LogP contribution in [-0.2, 0) is 16.8 Å². The van der Waals surface area contributed by atoms with Gasteiger partial charge < -0.3 is 10.2 Å². The van der Waals surface area contributed by atoms with E-state index >= 15 is 0 Å². The summed E-state index contributed by atoms with van der Waals surface area (Å²) >= 11 is 0. The largest absolute Gasteiger partial charge is 0.341 e. The van der Waals surface area contributed by atoms with Crippen molar-refractivity contribution < 1.29 is 4.79 Å². The Balaban J connectivity index is 2.14. The highest BCUT2D eigenvalue weighted by molar-refractivity contribution is 5.90. The number of carbonyl (C=O) groups is 1. The maximum Gasteiger partial charge on any atom is 0.233 e. The highest BCUT2D eigenvalue weighted by Gasteiger charge is 2.46. The normalized spacial score (nSPS) is 22.6. The summed E-state index contributed by atoms with van der Waals surface area (Å²) in [5.74, 6) is 0.303. The fourth-order valence-corrected chi connectivity index (χ4v) is 3.27. The van der Waals surface area contributed by atoms with E-state index in [1.54, 1.807) is 0 Å². The molecule has 1 saturated heterocycles. The zero-order valence-electron chi connectivity index (χ0n) is 10.2. The zero-order valence-corrected chi connectivity index (χ0v) is 10.2. The third kappa shape index (κ3) is 1.49. The molecular weight excluding hydrogens is 212 g/mol.